The van der Waals surface area contributed by atoms with Crippen molar-refractivity contribution >= 4 is 33.3 Å². The molecule has 2 aromatic carbocycles. The highest BCUT2D eigenvalue weighted by molar-refractivity contribution is 7.18. The molecule has 1 N–H and O–H groups in total. The number of thiophene rings is 1. The fraction of sp³-hybridized carbons (Fsp3) is 0.250. The summed E-state index contributed by atoms with van der Waals surface area (Å²) in [5, 5.41) is 4.18. The van der Waals surface area contributed by atoms with Crippen LogP contribution in [0.5, 0.6) is 0 Å². The van der Waals surface area contributed by atoms with Crippen LogP contribution >= 0.6 is 11.3 Å². The summed E-state index contributed by atoms with van der Waals surface area (Å²) in [6.45, 7) is 3.47. The number of ether oxygens (including phenoxy) is 1. The van der Waals surface area contributed by atoms with Crippen molar-refractivity contribution in [2.75, 3.05) is 31.2 Å². The Bertz CT molecular complexity index is 1210. The van der Waals surface area contributed by atoms with Gasteiger partial charge in [-0.1, -0.05) is 42.5 Å². The Morgan fingerprint density at radius 1 is 1.10 bits per heavy atom. The number of nitrogens with one attached hydrogen (secondary N) is 1. The first-order valence-corrected chi connectivity index (χ1v) is 11.2. The van der Waals surface area contributed by atoms with Gasteiger partial charge in [0.1, 0.15) is 5.82 Å². The molecule has 0 radical (unpaired) electrons. The van der Waals surface area contributed by atoms with Crippen molar-refractivity contribution in [1.82, 2.24) is 14.9 Å². The molecule has 1 saturated heterocycles. The lowest BCUT2D eigenvalue weighted by atomic mass is 10.1. The van der Waals surface area contributed by atoms with Crippen LogP contribution in [0.3, 0.4) is 0 Å². The second-order valence-electron chi connectivity index (χ2n) is 7.55. The minimum atomic E-state index is -0.0752. The monoisotopic (exact) mass is 432 g/mol. The summed E-state index contributed by atoms with van der Waals surface area (Å²) in [4.78, 5) is 20.7. The van der Waals surface area contributed by atoms with Crippen LogP contribution in [0.1, 0.15) is 15.5 Å². The molecule has 0 unspecified atom stereocenters. The Labute approximate surface area is 185 Å². The lowest BCUT2D eigenvalue weighted by molar-refractivity contribution is 0.0953. The molecule has 7 heteroatoms. The summed E-state index contributed by atoms with van der Waals surface area (Å²) in [5.41, 5.74) is 4.21. The number of aromatic nitrogens is 2. The van der Waals surface area contributed by atoms with Gasteiger partial charge in [0.15, 0.2) is 0 Å². The van der Waals surface area contributed by atoms with E-state index in [0.29, 0.717) is 24.6 Å². The third-order valence-electron chi connectivity index (χ3n) is 5.61. The predicted octanol–water partition coefficient (Wildman–Crippen LogP) is 4.07. The van der Waals surface area contributed by atoms with Crippen LogP contribution in [-0.4, -0.2) is 41.8 Å². The maximum absolute atomic E-state index is 13.0. The van der Waals surface area contributed by atoms with E-state index in [4.69, 9.17) is 4.74 Å². The number of amides is 1. The van der Waals surface area contributed by atoms with Gasteiger partial charge in [0.2, 0.25) is 0 Å². The number of benzene rings is 2. The first-order chi connectivity index (χ1) is 15.2. The van der Waals surface area contributed by atoms with E-state index in [9.17, 15) is 4.79 Å². The highest BCUT2D eigenvalue weighted by Gasteiger charge is 2.22. The number of imidazole rings is 1. The summed E-state index contributed by atoms with van der Waals surface area (Å²) in [6.07, 6.45) is 0. The molecule has 3 heterocycles. The van der Waals surface area contributed by atoms with E-state index in [1.54, 1.807) is 11.3 Å². The van der Waals surface area contributed by atoms with Crippen molar-refractivity contribution in [3.05, 3.63) is 71.4 Å². The Kier molecular flexibility index (Phi) is 5.44. The fourth-order valence-electron chi connectivity index (χ4n) is 3.92. The van der Waals surface area contributed by atoms with Crippen LogP contribution in [0.2, 0.25) is 0 Å². The maximum atomic E-state index is 13.0. The highest BCUT2D eigenvalue weighted by atomic mass is 32.1. The minimum Gasteiger partial charge on any atom is -0.378 e. The van der Waals surface area contributed by atoms with E-state index in [1.165, 1.54) is 0 Å². The minimum absolute atomic E-state index is 0.0752. The molecule has 0 atom stereocenters. The van der Waals surface area contributed by atoms with Crippen LogP contribution in [0.4, 0.5) is 5.00 Å². The van der Waals surface area contributed by atoms with Crippen LogP contribution in [0.15, 0.2) is 60.7 Å². The van der Waals surface area contributed by atoms with Gasteiger partial charge in [0.25, 0.3) is 5.91 Å². The number of rotatable bonds is 5. The standard InChI is InChI=1S/C24H24N4O2S/c1-27-20-10-6-5-9-19(20)26-22(27)16-25-23(29)21-15-18(17-7-3-2-4-8-17)24(31-21)28-11-13-30-14-12-28/h2-10,15H,11-14,16H2,1H3,(H,25,29). The second kappa shape index (κ2) is 8.53. The van der Waals surface area contributed by atoms with Crippen molar-refractivity contribution in [2.24, 2.45) is 7.05 Å². The number of hydrogen-bond donors (Lipinski definition) is 1. The van der Waals surface area contributed by atoms with Crippen molar-refractivity contribution in [1.29, 1.82) is 0 Å². The lowest BCUT2D eigenvalue weighted by Crippen LogP contribution is -2.35. The Morgan fingerprint density at radius 3 is 2.61 bits per heavy atom. The van der Waals surface area contributed by atoms with E-state index in [0.717, 1.165) is 46.1 Å². The van der Waals surface area contributed by atoms with E-state index in [1.807, 2.05) is 60.1 Å². The number of hydrogen-bond acceptors (Lipinski definition) is 5. The third-order valence-corrected chi connectivity index (χ3v) is 6.80. The van der Waals surface area contributed by atoms with Gasteiger partial charge in [-0.2, -0.15) is 0 Å². The number of aryl methyl sites for hydroxylation is 1. The van der Waals surface area contributed by atoms with E-state index < -0.39 is 0 Å². The number of carbonyl (C=O) groups is 1. The first-order valence-electron chi connectivity index (χ1n) is 10.4. The van der Waals surface area contributed by atoms with Gasteiger partial charge in [-0.05, 0) is 23.8 Å². The van der Waals surface area contributed by atoms with Gasteiger partial charge in [0.05, 0.1) is 40.7 Å². The van der Waals surface area contributed by atoms with Gasteiger partial charge in [-0.25, -0.2) is 4.98 Å². The van der Waals surface area contributed by atoms with Crippen LogP contribution < -0.4 is 10.2 Å². The normalized spacial score (nSPS) is 14.2. The van der Waals surface area contributed by atoms with Crippen molar-refractivity contribution in [3.8, 4) is 11.1 Å². The van der Waals surface area contributed by atoms with Gasteiger partial charge in [-0.3, -0.25) is 4.79 Å². The number of nitrogens with zero attached hydrogens (tertiary/aromatic N) is 3. The van der Waals surface area contributed by atoms with Gasteiger partial charge < -0.3 is 19.5 Å². The van der Waals surface area contributed by atoms with E-state index in [-0.39, 0.29) is 5.91 Å². The zero-order valence-electron chi connectivity index (χ0n) is 17.4. The van der Waals surface area contributed by atoms with Crippen LogP contribution in [0, 0.1) is 0 Å². The Hall–Kier alpha value is -3.16. The zero-order valence-corrected chi connectivity index (χ0v) is 18.2. The first kappa shape index (κ1) is 19.8. The molecule has 5 rings (SSSR count). The molecule has 4 aromatic rings. The smallest absolute Gasteiger partial charge is 0.261 e. The van der Waals surface area contributed by atoms with Gasteiger partial charge in [-0.15, -0.1) is 11.3 Å². The number of morpholine rings is 1. The molecule has 1 amide bonds. The second-order valence-corrected chi connectivity index (χ2v) is 8.58. The van der Waals surface area contributed by atoms with Crippen molar-refractivity contribution < 1.29 is 9.53 Å². The molecule has 6 nitrogen and oxygen atoms in total. The number of fused-ring (bicyclic) bond motifs is 1. The van der Waals surface area contributed by atoms with Gasteiger partial charge >= 0.3 is 0 Å². The molecule has 158 valence electrons. The number of para-hydroxylation sites is 2. The Morgan fingerprint density at radius 2 is 1.84 bits per heavy atom. The van der Waals surface area contributed by atoms with Gasteiger partial charge in [0, 0.05) is 25.7 Å². The Balaban J connectivity index is 1.40. The number of carbonyl (C=O) groups excluding carboxylic acids is 1. The summed E-state index contributed by atoms with van der Waals surface area (Å²) in [6, 6.07) is 20.2. The molecule has 1 aliphatic heterocycles. The summed E-state index contributed by atoms with van der Waals surface area (Å²) in [7, 11) is 1.98. The summed E-state index contributed by atoms with van der Waals surface area (Å²) >= 11 is 1.54. The lowest BCUT2D eigenvalue weighted by Gasteiger charge is -2.28. The average Bonchev–Trinajstić information content (AvgIpc) is 3.41. The molecule has 0 bridgehead atoms. The SMILES string of the molecule is Cn1c(CNC(=O)c2cc(-c3ccccc3)c(N3CCOCC3)s2)nc2ccccc21. The quantitative estimate of drug-likeness (QED) is 0.517. The third kappa shape index (κ3) is 3.94. The van der Waals surface area contributed by atoms with Crippen molar-refractivity contribution in [3.63, 3.8) is 0 Å². The topological polar surface area (TPSA) is 59.4 Å². The van der Waals surface area contributed by atoms with Crippen LogP contribution in [-0.2, 0) is 18.3 Å². The molecule has 0 saturated carbocycles. The highest BCUT2D eigenvalue weighted by Crippen LogP contribution is 2.39. The fourth-order valence-corrected chi connectivity index (χ4v) is 5.07. The van der Waals surface area contributed by atoms with Crippen LogP contribution in [0.25, 0.3) is 22.2 Å². The maximum Gasteiger partial charge on any atom is 0.261 e. The predicted molar refractivity (Wildman–Crippen MR) is 125 cm³/mol. The zero-order chi connectivity index (χ0) is 21.2. The van der Waals surface area contributed by atoms with E-state index in [2.05, 4.69) is 27.3 Å². The molecular formula is C24H24N4O2S. The molecule has 1 aliphatic rings. The molecular weight excluding hydrogens is 408 g/mol. The van der Waals surface area contributed by atoms with Crippen molar-refractivity contribution in [2.45, 2.75) is 6.54 Å². The number of anilines is 1. The molecule has 2 aromatic heterocycles. The summed E-state index contributed by atoms with van der Waals surface area (Å²) in [5.74, 6) is 0.761. The van der Waals surface area contributed by atoms with E-state index >= 15 is 0 Å². The molecule has 1 fully saturated rings. The summed E-state index contributed by atoms with van der Waals surface area (Å²) < 4.78 is 7.55. The molecule has 31 heavy (non-hydrogen) atoms. The largest absolute Gasteiger partial charge is 0.378 e. The average molecular weight is 433 g/mol. The molecule has 0 aliphatic carbocycles. The molecule has 0 spiro atoms.